The van der Waals surface area contributed by atoms with Gasteiger partial charge in [-0.2, -0.15) is 5.26 Å². The van der Waals surface area contributed by atoms with Crippen LogP contribution in [0.4, 0.5) is 0 Å². The normalized spacial score (nSPS) is 13.9. The van der Waals surface area contributed by atoms with Gasteiger partial charge in [0.25, 0.3) is 0 Å². The molecule has 0 aromatic heterocycles. The lowest BCUT2D eigenvalue weighted by atomic mass is 9.83. The number of rotatable bonds is 8. The first-order valence-corrected chi connectivity index (χ1v) is 14.4. The molecule has 218 valence electrons. The van der Waals surface area contributed by atoms with Crippen LogP contribution in [0.1, 0.15) is 22.6 Å². The number of nitrogens with zero attached hydrogens (tertiary/aromatic N) is 1. The first kappa shape index (κ1) is 30.7. The van der Waals surface area contributed by atoms with Crippen LogP contribution in [0.3, 0.4) is 0 Å². The van der Waals surface area contributed by atoms with E-state index in [-0.39, 0.29) is 48.1 Å². The highest BCUT2D eigenvalue weighted by Crippen LogP contribution is 2.48. The van der Waals surface area contributed by atoms with E-state index in [0.717, 1.165) is 11.1 Å². The first-order chi connectivity index (χ1) is 20.7. The molecule has 1 atom stereocenters. The zero-order chi connectivity index (χ0) is 30.7. The fourth-order valence-corrected chi connectivity index (χ4v) is 5.57. The van der Waals surface area contributed by atoms with E-state index in [0.29, 0.717) is 23.7 Å². The molecule has 1 heterocycles. The minimum atomic E-state index is -0.783. The van der Waals surface area contributed by atoms with E-state index in [1.807, 2.05) is 54.6 Å². The molecule has 2 N–H and O–H groups in total. The fourth-order valence-electron chi connectivity index (χ4n) is 4.34. The molecule has 0 aliphatic carbocycles. The van der Waals surface area contributed by atoms with Gasteiger partial charge in [-0.05, 0) is 29.3 Å². The summed E-state index contributed by atoms with van der Waals surface area (Å²) in [7, 11) is 0. The number of hydrogen-bond donors (Lipinski definition) is 1. The van der Waals surface area contributed by atoms with Crippen LogP contribution in [0.25, 0.3) is 0 Å². The molecular weight excluding hydrogens is 658 g/mol. The molecule has 4 aromatic carbocycles. The van der Waals surface area contributed by atoms with Crippen LogP contribution >= 0.6 is 58.0 Å². The molecule has 0 fully saturated rings. The molecule has 0 spiro atoms. The van der Waals surface area contributed by atoms with Crippen molar-refractivity contribution in [3.05, 3.63) is 126 Å². The first-order valence-electron chi connectivity index (χ1n) is 12.5. The van der Waals surface area contributed by atoms with E-state index in [1.165, 1.54) is 6.07 Å². The maximum atomic E-state index is 12.6. The van der Waals surface area contributed by atoms with Crippen LogP contribution in [0.2, 0.25) is 25.1 Å². The average Bonchev–Trinajstić information content (AvgIpc) is 3.02. The Morgan fingerprint density at radius 3 is 2.12 bits per heavy atom. The standard InChI is InChI=1S/C31H19Cl5N2O5/c32-25-26(33)28(35)30(29(36)27(25)34)41-15-23(39)42-19-10-11-20-22(12-19)43-31(38)21(13-37)24(20)17-6-8-18(9-7-17)40-14-16-4-2-1-3-5-16/h1-12,24H,14-15,38H2. The van der Waals surface area contributed by atoms with Crippen molar-refractivity contribution in [3.8, 4) is 29.1 Å². The topological polar surface area (TPSA) is 104 Å². The lowest BCUT2D eigenvalue weighted by Crippen LogP contribution is -2.21. The lowest BCUT2D eigenvalue weighted by Gasteiger charge is -2.26. The van der Waals surface area contributed by atoms with Gasteiger partial charge in [0.05, 0.1) is 21.0 Å². The second-order valence-electron chi connectivity index (χ2n) is 9.13. The van der Waals surface area contributed by atoms with Gasteiger partial charge in [0.15, 0.2) is 12.4 Å². The third-order valence-electron chi connectivity index (χ3n) is 6.39. The molecular formula is C31H19Cl5N2O5. The largest absolute Gasteiger partial charge is 0.489 e. The van der Waals surface area contributed by atoms with Crippen molar-refractivity contribution in [1.82, 2.24) is 0 Å². The van der Waals surface area contributed by atoms with Crippen molar-refractivity contribution >= 4 is 64.0 Å². The molecule has 0 radical (unpaired) electrons. The Balaban J connectivity index is 1.31. The Kier molecular flexibility index (Phi) is 9.46. The van der Waals surface area contributed by atoms with Gasteiger partial charge in [-0.25, -0.2) is 4.79 Å². The minimum absolute atomic E-state index is 0.0409. The SMILES string of the molecule is N#CC1=C(N)Oc2cc(OC(=O)COc3c(Cl)c(Cl)c(Cl)c(Cl)c3Cl)ccc2C1c1ccc(OCc2ccccc2)cc1. The third-order valence-corrected chi connectivity index (χ3v) is 8.63. The smallest absolute Gasteiger partial charge is 0.349 e. The van der Waals surface area contributed by atoms with Crippen molar-refractivity contribution in [1.29, 1.82) is 5.26 Å². The molecule has 12 heteroatoms. The quantitative estimate of drug-likeness (QED) is 0.0862. The number of carbonyl (C=O) groups excluding carboxylic acids is 1. The van der Waals surface area contributed by atoms with Crippen LogP contribution in [-0.2, 0) is 11.4 Å². The summed E-state index contributed by atoms with van der Waals surface area (Å²) in [6.45, 7) is -0.155. The highest BCUT2D eigenvalue weighted by Gasteiger charge is 2.31. The van der Waals surface area contributed by atoms with E-state index in [4.69, 9.17) is 82.7 Å². The van der Waals surface area contributed by atoms with Gasteiger partial charge in [-0.1, -0.05) is 107 Å². The number of nitriles is 1. The van der Waals surface area contributed by atoms with Crippen molar-refractivity contribution in [3.63, 3.8) is 0 Å². The Morgan fingerprint density at radius 1 is 0.837 bits per heavy atom. The summed E-state index contributed by atoms with van der Waals surface area (Å²) in [5.74, 6) is -0.340. The second-order valence-corrected chi connectivity index (χ2v) is 11.0. The number of fused-ring (bicyclic) bond motifs is 1. The van der Waals surface area contributed by atoms with Gasteiger partial charge < -0.3 is 24.7 Å². The summed E-state index contributed by atoms with van der Waals surface area (Å²) >= 11 is 30.4. The second kappa shape index (κ2) is 13.3. The van der Waals surface area contributed by atoms with Gasteiger partial charge in [-0.15, -0.1) is 0 Å². The third kappa shape index (κ3) is 6.59. The van der Waals surface area contributed by atoms with Crippen molar-refractivity contribution in [2.24, 2.45) is 5.73 Å². The zero-order valence-electron chi connectivity index (χ0n) is 21.9. The predicted molar refractivity (Wildman–Crippen MR) is 166 cm³/mol. The number of carbonyl (C=O) groups is 1. The Labute approximate surface area is 271 Å². The molecule has 43 heavy (non-hydrogen) atoms. The molecule has 1 aliphatic rings. The van der Waals surface area contributed by atoms with Gasteiger partial charge in [-0.3, -0.25) is 0 Å². The number of nitrogens with two attached hydrogens (primary N) is 1. The summed E-state index contributed by atoms with van der Waals surface area (Å²) < 4.78 is 22.5. The minimum Gasteiger partial charge on any atom is -0.489 e. The van der Waals surface area contributed by atoms with Gasteiger partial charge in [0.2, 0.25) is 5.88 Å². The van der Waals surface area contributed by atoms with E-state index >= 15 is 0 Å². The Hall–Kier alpha value is -3.77. The average molecular weight is 677 g/mol. The predicted octanol–water partition coefficient (Wildman–Crippen LogP) is 8.74. The number of esters is 1. The van der Waals surface area contributed by atoms with E-state index < -0.39 is 18.5 Å². The molecule has 0 saturated carbocycles. The van der Waals surface area contributed by atoms with Gasteiger partial charge in [0, 0.05) is 11.6 Å². The van der Waals surface area contributed by atoms with Crippen LogP contribution in [-0.4, -0.2) is 12.6 Å². The maximum absolute atomic E-state index is 12.6. The van der Waals surface area contributed by atoms with Gasteiger partial charge in [0.1, 0.15) is 45.5 Å². The van der Waals surface area contributed by atoms with Crippen LogP contribution < -0.4 is 24.7 Å². The van der Waals surface area contributed by atoms with Crippen LogP contribution in [0, 0.1) is 11.3 Å². The Bertz CT molecular complexity index is 1740. The molecule has 0 bridgehead atoms. The monoisotopic (exact) mass is 674 g/mol. The van der Waals surface area contributed by atoms with E-state index in [1.54, 1.807) is 12.1 Å². The highest BCUT2D eigenvalue weighted by atomic mass is 35.5. The molecule has 0 saturated heterocycles. The number of halogens is 5. The molecule has 5 rings (SSSR count). The molecule has 0 amide bonds. The number of allylic oxidation sites excluding steroid dienone is 1. The van der Waals surface area contributed by atoms with Crippen molar-refractivity contribution < 1.29 is 23.7 Å². The van der Waals surface area contributed by atoms with Crippen molar-refractivity contribution in [2.75, 3.05) is 6.61 Å². The van der Waals surface area contributed by atoms with E-state index in [2.05, 4.69) is 6.07 Å². The molecule has 1 aliphatic heterocycles. The highest BCUT2D eigenvalue weighted by molar-refractivity contribution is 6.55. The summed E-state index contributed by atoms with van der Waals surface area (Å²) in [4.78, 5) is 12.6. The maximum Gasteiger partial charge on any atom is 0.349 e. The number of hydrogen-bond acceptors (Lipinski definition) is 7. The number of ether oxygens (including phenoxy) is 4. The van der Waals surface area contributed by atoms with Crippen LogP contribution in [0.5, 0.6) is 23.0 Å². The summed E-state index contributed by atoms with van der Waals surface area (Å²) in [5, 5.41) is 9.49. The van der Waals surface area contributed by atoms with Gasteiger partial charge >= 0.3 is 5.97 Å². The van der Waals surface area contributed by atoms with E-state index in [9.17, 15) is 10.1 Å². The molecule has 4 aromatic rings. The van der Waals surface area contributed by atoms with Crippen LogP contribution in [0.15, 0.2) is 84.3 Å². The number of benzene rings is 4. The van der Waals surface area contributed by atoms with Crippen molar-refractivity contribution in [2.45, 2.75) is 12.5 Å². The summed E-state index contributed by atoms with van der Waals surface area (Å²) in [6.07, 6.45) is 0. The summed E-state index contributed by atoms with van der Waals surface area (Å²) in [6, 6.07) is 24.1. The fraction of sp³-hybridized carbons (Fsp3) is 0.0968. The zero-order valence-corrected chi connectivity index (χ0v) is 25.7. The molecule has 7 nitrogen and oxygen atoms in total. The Morgan fingerprint density at radius 2 is 1.47 bits per heavy atom. The lowest BCUT2D eigenvalue weighted by molar-refractivity contribution is -0.136. The molecule has 1 unspecified atom stereocenters. The summed E-state index contributed by atoms with van der Waals surface area (Å²) in [5.41, 5.74) is 8.87.